The molecular weight excluding hydrogens is 373 g/mol. The van der Waals surface area contributed by atoms with Crippen molar-refractivity contribution in [3.8, 4) is 5.75 Å². The SMILES string of the molecule is CC(=O)C1C(=O)Oc2ccc3ccccc3c2C1=P(N(C)C)(N(C)C)N(C)C. The van der Waals surface area contributed by atoms with Crippen LogP contribution in [0.15, 0.2) is 36.4 Å². The molecule has 6 nitrogen and oxygen atoms in total. The Balaban J connectivity index is 2.65. The van der Waals surface area contributed by atoms with Crippen LogP contribution in [0.1, 0.15) is 12.5 Å². The van der Waals surface area contributed by atoms with E-state index in [0.717, 1.165) is 21.6 Å². The second kappa shape index (κ2) is 7.45. The van der Waals surface area contributed by atoms with Gasteiger partial charge in [-0.25, -0.2) is 0 Å². The van der Waals surface area contributed by atoms with E-state index in [1.807, 2.05) is 78.7 Å². The van der Waals surface area contributed by atoms with Crippen LogP contribution in [0.2, 0.25) is 0 Å². The van der Waals surface area contributed by atoms with E-state index in [9.17, 15) is 9.59 Å². The van der Waals surface area contributed by atoms with Crippen molar-refractivity contribution in [3.05, 3.63) is 42.0 Å². The van der Waals surface area contributed by atoms with Crippen molar-refractivity contribution in [1.29, 1.82) is 0 Å². The number of Topliss-reactive ketones (excluding diaryl/α,β-unsaturated/α-hetero) is 1. The van der Waals surface area contributed by atoms with E-state index in [1.54, 1.807) is 0 Å². The summed E-state index contributed by atoms with van der Waals surface area (Å²) in [4.78, 5) is 25.7. The number of carbonyl (C=O) groups excluding carboxylic acids is 2. The maximum atomic E-state index is 13.0. The van der Waals surface area contributed by atoms with Crippen LogP contribution in [0, 0.1) is 5.92 Å². The Hall–Kier alpha value is -1.98. The topological polar surface area (TPSA) is 53.1 Å². The monoisotopic (exact) mass is 401 g/mol. The van der Waals surface area contributed by atoms with Crippen molar-refractivity contribution in [2.24, 2.45) is 5.92 Å². The zero-order valence-electron chi connectivity index (χ0n) is 17.6. The van der Waals surface area contributed by atoms with Gasteiger partial charge in [-0.2, -0.15) is 0 Å². The van der Waals surface area contributed by atoms with Gasteiger partial charge < -0.3 is 4.74 Å². The van der Waals surface area contributed by atoms with E-state index >= 15 is 0 Å². The number of fused-ring (bicyclic) bond motifs is 3. The molecule has 0 amide bonds. The Morgan fingerprint density at radius 3 is 2.04 bits per heavy atom. The molecule has 7 heteroatoms. The lowest BCUT2D eigenvalue weighted by Gasteiger charge is -2.47. The van der Waals surface area contributed by atoms with Crippen molar-refractivity contribution >= 4 is 35.2 Å². The van der Waals surface area contributed by atoms with Crippen LogP contribution in [-0.4, -0.2) is 73.3 Å². The lowest BCUT2D eigenvalue weighted by molar-refractivity contribution is -0.140. The fraction of sp³-hybridized carbons (Fsp3) is 0.381. The van der Waals surface area contributed by atoms with Crippen molar-refractivity contribution in [1.82, 2.24) is 14.0 Å². The van der Waals surface area contributed by atoms with E-state index in [1.165, 1.54) is 6.92 Å². The van der Waals surface area contributed by atoms with Crippen LogP contribution < -0.4 is 4.74 Å². The molecule has 1 aliphatic rings. The molecule has 0 aromatic heterocycles. The van der Waals surface area contributed by atoms with Gasteiger partial charge in [-0.15, -0.1) is 0 Å². The zero-order chi connectivity index (χ0) is 20.8. The Morgan fingerprint density at radius 1 is 0.929 bits per heavy atom. The average molecular weight is 401 g/mol. The summed E-state index contributed by atoms with van der Waals surface area (Å²) >= 11 is 0. The van der Waals surface area contributed by atoms with Crippen LogP contribution in [0.3, 0.4) is 0 Å². The maximum absolute atomic E-state index is 13.0. The number of hydrogen-bond donors (Lipinski definition) is 0. The van der Waals surface area contributed by atoms with E-state index in [2.05, 4.69) is 14.0 Å². The van der Waals surface area contributed by atoms with Crippen LogP contribution in [0.25, 0.3) is 10.8 Å². The van der Waals surface area contributed by atoms with E-state index in [4.69, 9.17) is 4.74 Å². The maximum Gasteiger partial charge on any atom is 0.326 e. The smallest absolute Gasteiger partial charge is 0.326 e. The van der Waals surface area contributed by atoms with E-state index < -0.39 is 19.2 Å². The molecule has 1 heterocycles. The number of rotatable bonds is 4. The standard InChI is InChI=1S/C21H28N3O3P/c1-14(25)18-20(28(22(2)3,23(4)5)24(6)7)19-16-11-9-8-10-15(16)12-13-17(19)27-21(18)26/h8-13,18H,1-7H3. The molecule has 0 spiro atoms. The molecule has 0 radical (unpaired) electrons. The lowest BCUT2D eigenvalue weighted by Crippen LogP contribution is -2.45. The molecule has 0 saturated heterocycles. The minimum Gasteiger partial charge on any atom is -0.425 e. The summed E-state index contributed by atoms with van der Waals surface area (Å²) in [7, 11) is 9.64. The predicted octanol–water partition coefficient (Wildman–Crippen LogP) is 2.93. The highest BCUT2D eigenvalue weighted by Crippen LogP contribution is 2.59. The Kier molecular flexibility index (Phi) is 5.52. The minimum absolute atomic E-state index is 0.200. The van der Waals surface area contributed by atoms with Crippen molar-refractivity contribution in [3.63, 3.8) is 0 Å². The van der Waals surface area contributed by atoms with Gasteiger partial charge in [-0.05, 0) is 66.0 Å². The Labute approximate surface area is 166 Å². The van der Waals surface area contributed by atoms with Crippen LogP contribution in [-0.2, 0) is 9.59 Å². The molecule has 1 aliphatic heterocycles. The van der Waals surface area contributed by atoms with Crippen LogP contribution >= 0.6 is 7.34 Å². The number of carbonyl (C=O) groups is 2. The van der Waals surface area contributed by atoms with Gasteiger partial charge in [0.15, 0.2) is 0 Å². The molecule has 150 valence electrons. The van der Waals surface area contributed by atoms with Gasteiger partial charge in [0.25, 0.3) is 0 Å². The number of nitrogens with zero attached hydrogens (tertiary/aromatic N) is 3. The summed E-state index contributed by atoms with van der Waals surface area (Å²) < 4.78 is 12.1. The number of hydrogen-bond acceptors (Lipinski definition) is 6. The van der Waals surface area contributed by atoms with Gasteiger partial charge in [-0.3, -0.25) is 23.6 Å². The van der Waals surface area contributed by atoms with Gasteiger partial charge in [0.05, 0.1) is 7.34 Å². The number of esters is 1. The molecule has 0 aliphatic carbocycles. The van der Waals surface area contributed by atoms with Crippen LogP contribution in [0.5, 0.6) is 5.75 Å². The number of ketones is 1. The predicted molar refractivity (Wildman–Crippen MR) is 116 cm³/mol. The second-order valence-electron chi connectivity index (χ2n) is 7.62. The molecule has 0 bridgehead atoms. The fourth-order valence-corrected chi connectivity index (χ4v) is 9.03. The average Bonchev–Trinajstić information content (AvgIpc) is 2.60. The summed E-state index contributed by atoms with van der Waals surface area (Å²) in [5, 5.41) is 2.88. The van der Waals surface area contributed by atoms with Gasteiger partial charge >= 0.3 is 5.97 Å². The Morgan fingerprint density at radius 2 is 1.50 bits per heavy atom. The molecule has 28 heavy (non-hydrogen) atoms. The molecule has 0 N–H and O–H groups in total. The van der Waals surface area contributed by atoms with Crippen molar-refractivity contribution in [2.45, 2.75) is 6.92 Å². The molecule has 1 atom stereocenters. The molecule has 0 fully saturated rings. The number of benzene rings is 2. The van der Waals surface area contributed by atoms with E-state index in [-0.39, 0.29) is 5.78 Å². The van der Waals surface area contributed by atoms with Crippen LogP contribution in [0.4, 0.5) is 0 Å². The third kappa shape index (κ3) is 2.92. The van der Waals surface area contributed by atoms with E-state index in [0.29, 0.717) is 5.75 Å². The third-order valence-electron chi connectivity index (χ3n) is 5.27. The highest BCUT2D eigenvalue weighted by molar-refractivity contribution is 7.70. The first-order valence-corrected chi connectivity index (χ1v) is 10.8. The zero-order valence-corrected chi connectivity index (χ0v) is 18.4. The normalized spacial score (nSPS) is 17.4. The summed E-state index contributed by atoms with van der Waals surface area (Å²) in [6.07, 6.45) is 0. The molecule has 3 rings (SSSR count). The molecule has 1 unspecified atom stereocenters. The third-order valence-corrected chi connectivity index (χ3v) is 9.74. The summed E-state index contributed by atoms with van der Waals surface area (Å²) in [6, 6.07) is 11.8. The highest BCUT2D eigenvalue weighted by atomic mass is 31.2. The van der Waals surface area contributed by atoms with Crippen molar-refractivity contribution < 1.29 is 14.3 Å². The fourth-order valence-electron chi connectivity index (χ4n) is 4.43. The highest BCUT2D eigenvalue weighted by Gasteiger charge is 2.45. The van der Waals surface area contributed by atoms with Gasteiger partial charge in [-0.1, -0.05) is 30.3 Å². The van der Waals surface area contributed by atoms with Crippen molar-refractivity contribution in [2.75, 3.05) is 42.3 Å². The second-order valence-corrected chi connectivity index (χ2v) is 11.6. The number of ether oxygens (including phenoxy) is 1. The van der Waals surface area contributed by atoms with Gasteiger partial charge in [0.1, 0.15) is 17.5 Å². The Bertz CT molecular complexity index is 983. The first-order valence-electron chi connectivity index (χ1n) is 9.18. The largest absolute Gasteiger partial charge is 0.425 e. The quantitative estimate of drug-likeness (QED) is 0.340. The molecule has 2 aromatic rings. The lowest BCUT2D eigenvalue weighted by atomic mass is 9.89. The first-order chi connectivity index (χ1) is 13.1. The summed E-state index contributed by atoms with van der Waals surface area (Å²) in [5.41, 5.74) is 0.863. The molecule has 2 aromatic carbocycles. The first kappa shape index (κ1) is 20.7. The van der Waals surface area contributed by atoms with Gasteiger partial charge in [0.2, 0.25) is 0 Å². The molecular formula is C21H28N3O3P. The minimum atomic E-state index is -2.38. The summed E-state index contributed by atoms with van der Waals surface area (Å²) in [6.45, 7) is 1.47. The summed E-state index contributed by atoms with van der Waals surface area (Å²) in [5.74, 6) is -1.11. The van der Waals surface area contributed by atoms with Gasteiger partial charge in [0, 0.05) is 10.9 Å². The molecule has 0 saturated carbocycles.